The van der Waals surface area contributed by atoms with E-state index in [0.29, 0.717) is 11.4 Å². The highest BCUT2D eigenvalue weighted by atomic mass is 16.1. The standard InChI is InChI=1S/C24H25N7O/c1-29-12-14-30(15-13-29)20-8-6-19(7-9-20)28-23-24-26-10-11-31(24)21(16-27-23)17-2-4-18(5-3-17)22(25)32/h2-11,16H,12-15H2,1H3,(H2,25,32)(H,27,28). The number of anilines is 3. The third kappa shape index (κ3) is 3.88. The summed E-state index contributed by atoms with van der Waals surface area (Å²) in [5, 5.41) is 3.39. The molecule has 4 aromatic rings. The number of amides is 1. The summed E-state index contributed by atoms with van der Waals surface area (Å²) in [7, 11) is 2.16. The van der Waals surface area contributed by atoms with Gasteiger partial charge in [-0.05, 0) is 43.4 Å². The number of carbonyl (C=O) groups is 1. The van der Waals surface area contributed by atoms with E-state index in [1.165, 1.54) is 5.69 Å². The fourth-order valence-electron chi connectivity index (χ4n) is 3.98. The summed E-state index contributed by atoms with van der Waals surface area (Å²) >= 11 is 0. The van der Waals surface area contributed by atoms with E-state index in [-0.39, 0.29) is 0 Å². The molecule has 5 rings (SSSR count). The monoisotopic (exact) mass is 427 g/mol. The van der Waals surface area contributed by atoms with E-state index in [9.17, 15) is 4.79 Å². The molecule has 0 saturated carbocycles. The van der Waals surface area contributed by atoms with Gasteiger partial charge in [-0.15, -0.1) is 0 Å². The Balaban J connectivity index is 1.38. The predicted octanol–water partition coefficient (Wildman–Crippen LogP) is 2.99. The second-order valence-corrected chi connectivity index (χ2v) is 8.02. The van der Waals surface area contributed by atoms with Crippen molar-refractivity contribution in [2.75, 3.05) is 43.4 Å². The van der Waals surface area contributed by atoms with Crippen molar-refractivity contribution in [3.8, 4) is 11.3 Å². The fourth-order valence-corrected chi connectivity index (χ4v) is 3.98. The predicted molar refractivity (Wildman–Crippen MR) is 126 cm³/mol. The first-order valence-electron chi connectivity index (χ1n) is 10.6. The van der Waals surface area contributed by atoms with Crippen molar-refractivity contribution in [2.45, 2.75) is 0 Å². The van der Waals surface area contributed by atoms with Gasteiger partial charge in [-0.1, -0.05) is 12.1 Å². The summed E-state index contributed by atoms with van der Waals surface area (Å²) in [5.41, 5.74) is 10.5. The van der Waals surface area contributed by atoms with Gasteiger partial charge in [-0.2, -0.15) is 0 Å². The molecular weight excluding hydrogens is 402 g/mol. The maximum atomic E-state index is 11.3. The third-order valence-corrected chi connectivity index (χ3v) is 5.89. The average Bonchev–Trinajstić information content (AvgIpc) is 3.31. The summed E-state index contributed by atoms with van der Waals surface area (Å²) in [6.45, 7) is 4.25. The van der Waals surface area contributed by atoms with Gasteiger partial charge in [0.1, 0.15) is 0 Å². The molecule has 32 heavy (non-hydrogen) atoms. The van der Waals surface area contributed by atoms with Crippen LogP contribution in [0.1, 0.15) is 10.4 Å². The van der Waals surface area contributed by atoms with Crippen molar-refractivity contribution in [3.05, 3.63) is 72.7 Å². The minimum atomic E-state index is -0.444. The van der Waals surface area contributed by atoms with Crippen molar-refractivity contribution in [1.82, 2.24) is 19.3 Å². The van der Waals surface area contributed by atoms with Crippen LogP contribution >= 0.6 is 0 Å². The Labute approximate surface area is 186 Å². The van der Waals surface area contributed by atoms with Gasteiger partial charge in [-0.25, -0.2) is 9.97 Å². The molecule has 8 nitrogen and oxygen atoms in total. The van der Waals surface area contributed by atoms with E-state index < -0.39 is 5.91 Å². The smallest absolute Gasteiger partial charge is 0.248 e. The van der Waals surface area contributed by atoms with Gasteiger partial charge in [0, 0.05) is 61.1 Å². The minimum absolute atomic E-state index is 0.444. The Morgan fingerprint density at radius 2 is 1.69 bits per heavy atom. The van der Waals surface area contributed by atoms with E-state index in [1.807, 2.05) is 22.7 Å². The summed E-state index contributed by atoms with van der Waals surface area (Å²) < 4.78 is 1.98. The quantitative estimate of drug-likeness (QED) is 0.509. The molecular formula is C24H25N7O. The number of hydrogen-bond donors (Lipinski definition) is 2. The number of carbonyl (C=O) groups excluding carboxylic acids is 1. The maximum Gasteiger partial charge on any atom is 0.248 e. The van der Waals surface area contributed by atoms with Crippen LogP contribution in [0.4, 0.5) is 17.2 Å². The first-order chi connectivity index (χ1) is 15.6. The summed E-state index contributed by atoms with van der Waals surface area (Å²) in [6.07, 6.45) is 5.45. The number of piperazine rings is 1. The van der Waals surface area contributed by atoms with Crippen molar-refractivity contribution in [2.24, 2.45) is 5.73 Å². The van der Waals surface area contributed by atoms with E-state index in [4.69, 9.17) is 5.73 Å². The van der Waals surface area contributed by atoms with Crippen LogP contribution in [-0.4, -0.2) is 58.4 Å². The molecule has 0 bridgehead atoms. The van der Waals surface area contributed by atoms with Gasteiger partial charge in [-0.3, -0.25) is 9.20 Å². The molecule has 0 radical (unpaired) electrons. The lowest BCUT2D eigenvalue weighted by Crippen LogP contribution is -2.44. The number of imidazole rings is 1. The van der Waals surface area contributed by atoms with Gasteiger partial charge in [0.2, 0.25) is 5.91 Å². The molecule has 1 amide bonds. The molecule has 0 unspecified atom stereocenters. The Morgan fingerprint density at radius 1 is 0.969 bits per heavy atom. The number of fused-ring (bicyclic) bond motifs is 1. The SMILES string of the molecule is CN1CCN(c2ccc(Nc3ncc(-c4ccc(C(N)=O)cc4)n4ccnc34)cc2)CC1. The van der Waals surface area contributed by atoms with Crippen LogP contribution in [0, 0.1) is 0 Å². The molecule has 0 spiro atoms. The summed E-state index contributed by atoms with van der Waals surface area (Å²) in [4.78, 5) is 25.2. The highest BCUT2D eigenvalue weighted by Gasteiger charge is 2.15. The Hall–Kier alpha value is -3.91. The summed E-state index contributed by atoms with van der Waals surface area (Å²) in [5.74, 6) is 0.237. The molecule has 0 atom stereocenters. The van der Waals surface area contributed by atoms with Crippen LogP contribution < -0.4 is 16.0 Å². The van der Waals surface area contributed by atoms with Gasteiger partial charge >= 0.3 is 0 Å². The highest BCUT2D eigenvalue weighted by molar-refractivity contribution is 5.93. The third-order valence-electron chi connectivity index (χ3n) is 5.89. The zero-order valence-electron chi connectivity index (χ0n) is 17.9. The van der Waals surface area contributed by atoms with Crippen LogP contribution in [0.25, 0.3) is 16.9 Å². The topological polar surface area (TPSA) is 91.8 Å². The number of nitrogens with zero attached hydrogens (tertiary/aromatic N) is 5. The number of rotatable bonds is 5. The molecule has 0 aliphatic carbocycles. The number of nitrogens with two attached hydrogens (primary N) is 1. The fraction of sp³-hybridized carbons (Fsp3) is 0.208. The van der Waals surface area contributed by atoms with Crippen molar-refractivity contribution >= 4 is 28.7 Å². The molecule has 2 aromatic heterocycles. The molecule has 2 aromatic carbocycles. The number of nitrogens with one attached hydrogen (secondary N) is 1. The molecule has 1 aliphatic rings. The van der Waals surface area contributed by atoms with Crippen molar-refractivity contribution in [1.29, 1.82) is 0 Å². The lowest BCUT2D eigenvalue weighted by molar-refractivity contribution is 0.100. The Kier molecular flexibility index (Phi) is 5.20. The van der Waals surface area contributed by atoms with Gasteiger partial charge in [0.15, 0.2) is 11.5 Å². The van der Waals surface area contributed by atoms with Crippen molar-refractivity contribution < 1.29 is 4.79 Å². The zero-order valence-corrected chi connectivity index (χ0v) is 17.9. The molecule has 162 valence electrons. The maximum absolute atomic E-state index is 11.3. The van der Waals surface area contributed by atoms with E-state index in [2.05, 4.69) is 56.4 Å². The molecule has 1 saturated heterocycles. The van der Waals surface area contributed by atoms with Gasteiger partial charge < -0.3 is 20.9 Å². The largest absolute Gasteiger partial charge is 0.369 e. The second kappa shape index (κ2) is 8.32. The number of primary amides is 1. The number of hydrogen-bond acceptors (Lipinski definition) is 6. The molecule has 3 N–H and O–H groups in total. The van der Waals surface area contributed by atoms with Crippen LogP contribution in [0.3, 0.4) is 0 Å². The normalized spacial score (nSPS) is 14.6. The average molecular weight is 428 g/mol. The number of benzene rings is 2. The van der Waals surface area contributed by atoms with Gasteiger partial charge in [0.25, 0.3) is 0 Å². The molecule has 8 heteroatoms. The Bertz CT molecular complexity index is 1240. The second-order valence-electron chi connectivity index (χ2n) is 8.02. The van der Waals surface area contributed by atoms with E-state index >= 15 is 0 Å². The van der Waals surface area contributed by atoms with Crippen LogP contribution in [0.5, 0.6) is 0 Å². The zero-order chi connectivity index (χ0) is 22.1. The first kappa shape index (κ1) is 20.0. The number of aromatic nitrogens is 3. The lowest BCUT2D eigenvalue weighted by atomic mass is 10.1. The first-order valence-corrected chi connectivity index (χ1v) is 10.6. The summed E-state index contributed by atoms with van der Waals surface area (Å²) in [6, 6.07) is 15.6. The van der Waals surface area contributed by atoms with Gasteiger partial charge in [0.05, 0.1) is 11.9 Å². The minimum Gasteiger partial charge on any atom is -0.369 e. The highest BCUT2D eigenvalue weighted by Crippen LogP contribution is 2.27. The molecule has 3 heterocycles. The molecule has 1 aliphatic heterocycles. The van der Waals surface area contributed by atoms with Crippen LogP contribution in [0.2, 0.25) is 0 Å². The Morgan fingerprint density at radius 3 is 2.38 bits per heavy atom. The van der Waals surface area contributed by atoms with Crippen LogP contribution in [0.15, 0.2) is 67.1 Å². The van der Waals surface area contributed by atoms with Crippen LogP contribution in [-0.2, 0) is 0 Å². The van der Waals surface area contributed by atoms with Crippen molar-refractivity contribution in [3.63, 3.8) is 0 Å². The number of likely N-dealkylation sites (N-methyl/N-ethyl adjacent to an activating group) is 1. The molecule has 1 fully saturated rings. The van der Waals surface area contributed by atoms with E-state index in [0.717, 1.165) is 48.8 Å². The lowest BCUT2D eigenvalue weighted by Gasteiger charge is -2.34. The van der Waals surface area contributed by atoms with E-state index in [1.54, 1.807) is 24.5 Å².